The lowest BCUT2D eigenvalue weighted by atomic mass is 10.4. The summed E-state index contributed by atoms with van der Waals surface area (Å²) in [6, 6.07) is 0. The van der Waals surface area contributed by atoms with Gasteiger partial charge in [-0.3, -0.25) is 9.69 Å². The minimum Gasteiger partial charge on any atom is -0.279 e. The maximum atomic E-state index is 11.6. The third-order valence-corrected chi connectivity index (χ3v) is 4.61. The van der Waals surface area contributed by atoms with E-state index in [9.17, 15) is 13.2 Å². The predicted octanol–water partition coefficient (Wildman–Crippen LogP) is 0.913. The number of anilines is 1. The molecule has 1 aromatic rings. The second-order valence-electron chi connectivity index (χ2n) is 3.51. The zero-order chi connectivity index (χ0) is 12.6. The van der Waals surface area contributed by atoms with Gasteiger partial charge in [-0.1, -0.05) is 0 Å². The monoisotopic (exact) mass is 339 g/mol. The first-order chi connectivity index (χ1) is 7.88. The highest BCUT2D eigenvalue weighted by atomic mass is 79.9. The molecule has 0 bridgehead atoms. The van der Waals surface area contributed by atoms with Crippen LogP contribution in [0.2, 0.25) is 0 Å². The number of hydrogen-bond donors (Lipinski definition) is 0. The molecule has 1 aliphatic rings. The Kier molecular flexibility index (Phi) is 3.37. The van der Waals surface area contributed by atoms with E-state index in [1.807, 2.05) is 0 Å². The summed E-state index contributed by atoms with van der Waals surface area (Å²) in [5, 5.41) is -0.899. The fourth-order valence-electron chi connectivity index (χ4n) is 1.50. The summed E-state index contributed by atoms with van der Waals surface area (Å²) in [7, 11) is 1.49. The smallest absolute Gasteiger partial charge is 0.237 e. The van der Waals surface area contributed by atoms with E-state index >= 15 is 0 Å². The summed E-state index contributed by atoms with van der Waals surface area (Å²) in [5.74, 6) is -0.164. The van der Waals surface area contributed by atoms with Crippen molar-refractivity contribution in [2.24, 2.45) is 0 Å². The van der Waals surface area contributed by atoms with Gasteiger partial charge in [0.1, 0.15) is 5.25 Å². The highest BCUT2D eigenvalue weighted by Gasteiger charge is 2.39. The standard InChI is InChI=1S/C8H7BrClN3O3S/c9-5-2-11-8(12-3-5)13-4-6(1-7(13)14)17(10,15)16/h2-3,6H,1,4H2. The number of amides is 1. The molecule has 2 heterocycles. The lowest BCUT2D eigenvalue weighted by molar-refractivity contribution is -0.117. The molecule has 6 nitrogen and oxygen atoms in total. The van der Waals surface area contributed by atoms with Crippen LogP contribution < -0.4 is 4.90 Å². The third-order valence-electron chi connectivity index (χ3n) is 2.34. The van der Waals surface area contributed by atoms with Gasteiger partial charge in [0.05, 0.1) is 4.47 Å². The molecule has 0 aromatic carbocycles. The van der Waals surface area contributed by atoms with E-state index in [1.54, 1.807) is 0 Å². The molecule has 92 valence electrons. The molecule has 2 rings (SSSR count). The summed E-state index contributed by atoms with van der Waals surface area (Å²) in [4.78, 5) is 20.7. The van der Waals surface area contributed by atoms with Crippen molar-refractivity contribution in [1.29, 1.82) is 0 Å². The predicted molar refractivity (Wildman–Crippen MR) is 65.3 cm³/mol. The molecular formula is C8H7BrClN3O3S. The maximum absolute atomic E-state index is 11.6. The Morgan fingerprint density at radius 2 is 2.00 bits per heavy atom. The van der Waals surface area contributed by atoms with Gasteiger partial charge < -0.3 is 0 Å². The normalized spacial score (nSPS) is 20.9. The topological polar surface area (TPSA) is 80.2 Å². The molecule has 0 radical (unpaired) electrons. The summed E-state index contributed by atoms with van der Waals surface area (Å²) < 4.78 is 23.0. The number of carbonyl (C=O) groups is 1. The van der Waals surface area contributed by atoms with Crippen LogP contribution in [0.4, 0.5) is 5.95 Å². The van der Waals surface area contributed by atoms with Crippen LogP contribution in [0.1, 0.15) is 6.42 Å². The van der Waals surface area contributed by atoms with Crippen molar-refractivity contribution in [2.45, 2.75) is 11.7 Å². The van der Waals surface area contributed by atoms with E-state index in [4.69, 9.17) is 10.7 Å². The molecule has 1 atom stereocenters. The number of halogens is 2. The molecule has 0 spiro atoms. The summed E-state index contributed by atoms with van der Waals surface area (Å²) in [6.07, 6.45) is 2.83. The van der Waals surface area contributed by atoms with Gasteiger partial charge in [0, 0.05) is 36.0 Å². The van der Waals surface area contributed by atoms with Gasteiger partial charge in [-0.15, -0.1) is 0 Å². The Morgan fingerprint density at radius 1 is 1.41 bits per heavy atom. The van der Waals surface area contributed by atoms with Crippen LogP contribution in [0.15, 0.2) is 16.9 Å². The van der Waals surface area contributed by atoms with Crippen LogP contribution in [0, 0.1) is 0 Å². The molecule has 0 saturated carbocycles. The highest BCUT2D eigenvalue weighted by Crippen LogP contribution is 2.24. The van der Waals surface area contributed by atoms with E-state index in [0.717, 1.165) is 0 Å². The largest absolute Gasteiger partial charge is 0.279 e. The van der Waals surface area contributed by atoms with E-state index < -0.39 is 14.3 Å². The third kappa shape index (κ3) is 2.75. The van der Waals surface area contributed by atoms with Crippen LogP contribution in [0.25, 0.3) is 0 Å². The number of nitrogens with zero attached hydrogens (tertiary/aromatic N) is 3. The Labute approximate surface area is 111 Å². The van der Waals surface area contributed by atoms with Crippen molar-refractivity contribution in [2.75, 3.05) is 11.4 Å². The van der Waals surface area contributed by atoms with Crippen molar-refractivity contribution in [1.82, 2.24) is 9.97 Å². The highest BCUT2D eigenvalue weighted by molar-refractivity contribution is 9.10. The van der Waals surface area contributed by atoms with Gasteiger partial charge in [0.2, 0.25) is 20.9 Å². The minimum atomic E-state index is -3.74. The average Bonchev–Trinajstić information content (AvgIpc) is 2.61. The zero-order valence-corrected chi connectivity index (χ0v) is 11.5. The lowest BCUT2D eigenvalue weighted by Gasteiger charge is -2.13. The van der Waals surface area contributed by atoms with Gasteiger partial charge in [-0.2, -0.15) is 0 Å². The number of hydrogen-bond acceptors (Lipinski definition) is 5. The van der Waals surface area contributed by atoms with Crippen LogP contribution in [0.3, 0.4) is 0 Å². The van der Waals surface area contributed by atoms with Crippen molar-refractivity contribution >= 4 is 47.5 Å². The van der Waals surface area contributed by atoms with Gasteiger partial charge >= 0.3 is 0 Å². The Hall–Kier alpha value is -0.730. The maximum Gasteiger partial charge on any atom is 0.237 e. The Bertz CT molecular complexity index is 548. The molecule has 0 N–H and O–H groups in total. The molecule has 1 fully saturated rings. The Morgan fingerprint density at radius 3 is 2.47 bits per heavy atom. The van der Waals surface area contributed by atoms with Gasteiger partial charge in [0.15, 0.2) is 0 Å². The van der Waals surface area contributed by atoms with Gasteiger partial charge in [-0.25, -0.2) is 18.4 Å². The van der Waals surface area contributed by atoms with Crippen LogP contribution in [0.5, 0.6) is 0 Å². The number of rotatable bonds is 2. The molecule has 1 unspecified atom stereocenters. The summed E-state index contributed by atoms with van der Waals surface area (Å²) >= 11 is 3.17. The average molecular weight is 341 g/mol. The number of aromatic nitrogens is 2. The summed E-state index contributed by atoms with van der Waals surface area (Å²) in [5.41, 5.74) is 0. The van der Waals surface area contributed by atoms with Crippen molar-refractivity contribution in [3.63, 3.8) is 0 Å². The van der Waals surface area contributed by atoms with Crippen LogP contribution in [-0.2, 0) is 13.8 Å². The first kappa shape index (κ1) is 12.7. The van der Waals surface area contributed by atoms with E-state index in [1.165, 1.54) is 17.3 Å². The zero-order valence-electron chi connectivity index (χ0n) is 8.38. The molecule has 0 aliphatic carbocycles. The van der Waals surface area contributed by atoms with Gasteiger partial charge in [-0.05, 0) is 15.9 Å². The molecule has 1 aromatic heterocycles. The molecule has 1 amide bonds. The second kappa shape index (κ2) is 4.51. The quantitative estimate of drug-likeness (QED) is 0.748. The summed E-state index contributed by atoms with van der Waals surface area (Å²) in [6.45, 7) is -0.00764. The minimum absolute atomic E-state index is 0.00764. The van der Waals surface area contributed by atoms with E-state index in [-0.39, 0.29) is 24.8 Å². The fraction of sp³-hybridized carbons (Fsp3) is 0.375. The lowest BCUT2D eigenvalue weighted by Crippen LogP contribution is -2.28. The molecule has 9 heteroatoms. The second-order valence-corrected chi connectivity index (χ2v) is 7.33. The van der Waals surface area contributed by atoms with Crippen LogP contribution in [-0.4, -0.2) is 36.1 Å². The van der Waals surface area contributed by atoms with E-state index in [0.29, 0.717) is 4.47 Å². The molecular weight excluding hydrogens is 334 g/mol. The van der Waals surface area contributed by atoms with Gasteiger partial charge in [0.25, 0.3) is 0 Å². The number of carbonyl (C=O) groups excluding carboxylic acids is 1. The Balaban J connectivity index is 2.24. The first-order valence-corrected chi connectivity index (χ1v) is 7.76. The van der Waals surface area contributed by atoms with Crippen molar-refractivity contribution in [3.8, 4) is 0 Å². The fourth-order valence-corrected chi connectivity index (χ4v) is 2.73. The SMILES string of the molecule is O=C1CC(S(=O)(=O)Cl)CN1c1ncc(Br)cn1. The molecule has 1 aliphatic heterocycles. The van der Waals surface area contributed by atoms with Crippen molar-refractivity contribution < 1.29 is 13.2 Å². The van der Waals surface area contributed by atoms with Crippen molar-refractivity contribution in [3.05, 3.63) is 16.9 Å². The molecule has 1 saturated heterocycles. The molecule has 17 heavy (non-hydrogen) atoms. The van der Waals surface area contributed by atoms with E-state index in [2.05, 4.69) is 25.9 Å². The van der Waals surface area contributed by atoms with Crippen LogP contribution >= 0.6 is 26.6 Å². The first-order valence-electron chi connectivity index (χ1n) is 4.59.